The molecule has 2 fully saturated rings. The Bertz CT molecular complexity index is 1590. The number of pyridine rings is 1. The van der Waals surface area contributed by atoms with Crippen LogP contribution in [0.15, 0.2) is 54.7 Å². The number of carbonyl (C=O) groups excluding carboxylic acids is 3. The number of halogens is 4. The van der Waals surface area contributed by atoms with Crippen LogP contribution in [0.1, 0.15) is 46.3 Å². The van der Waals surface area contributed by atoms with Crippen LogP contribution >= 0.6 is 0 Å². The van der Waals surface area contributed by atoms with E-state index in [-0.39, 0.29) is 42.1 Å². The molecule has 1 atom stereocenters. The second-order valence-electron chi connectivity index (χ2n) is 11.2. The van der Waals surface area contributed by atoms with Gasteiger partial charge in [-0.2, -0.15) is 13.2 Å². The molecule has 6 rings (SSSR count). The molecule has 3 aliphatic rings. The first-order valence-electron chi connectivity index (χ1n) is 14.1. The fourth-order valence-corrected chi connectivity index (χ4v) is 6.06. The maximum atomic E-state index is 14.0. The van der Waals surface area contributed by atoms with Gasteiger partial charge in [0, 0.05) is 43.5 Å². The van der Waals surface area contributed by atoms with Crippen molar-refractivity contribution in [2.24, 2.45) is 5.92 Å². The van der Waals surface area contributed by atoms with Crippen molar-refractivity contribution in [1.29, 1.82) is 0 Å². The molecule has 2 saturated heterocycles. The van der Waals surface area contributed by atoms with E-state index in [0.717, 1.165) is 17.2 Å². The van der Waals surface area contributed by atoms with E-state index in [1.165, 1.54) is 29.3 Å². The Kier molecular flexibility index (Phi) is 7.63. The summed E-state index contributed by atoms with van der Waals surface area (Å²) in [6.45, 7) is 2.35. The van der Waals surface area contributed by atoms with E-state index in [2.05, 4.69) is 15.6 Å². The highest BCUT2D eigenvalue weighted by molar-refractivity contribution is 6.09. The molecule has 2 aromatic carbocycles. The summed E-state index contributed by atoms with van der Waals surface area (Å²) in [5.74, 6) is -1.47. The summed E-state index contributed by atoms with van der Waals surface area (Å²) in [5.41, 5.74) is 2.01. The molecule has 0 spiro atoms. The standard InChI is InChI=1S/C31H29F4N5O3/c32-23-3-1-2-20(11-23)21-12-25(31(33,34)35)28(37-16-21)39-8-6-18(7-9-39)14-36-15-19-4-5-24-22(10-19)17-40(30(24)43)26-13-27(41)38-29(26)42/h1-5,10-12,16,18,26,36H,6-9,13-15,17H2,(H,38,41,42)/t26-/m0/s1. The number of amides is 3. The van der Waals surface area contributed by atoms with Gasteiger partial charge in [0.05, 0.1) is 12.0 Å². The smallest absolute Gasteiger partial charge is 0.356 e. The lowest BCUT2D eigenvalue weighted by Gasteiger charge is -2.34. The molecule has 12 heteroatoms. The van der Waals surface area contributed by atoms with Crippen molar-refractivity contribution in [3.63, 3.8) is 0 Å². The highest BCUT2D eigenvalue weighted by Crippen LogP contribution is 2.39. The number of nitrogens with one attached hydrogen (secondary N) is 2. The molecule has 3 aromatic rings. The average molecular weight is 596 g/mol. The second-order valence-corrected chi connectivity index (χ2v) is 11.2. The van der Waals surface area contributed by atoms with E-state index in [1.54, 1.807) is 17.0 Å². The number of hydrogen-bond donors (Lipinski definition) is 2. The first-order chi connectivity index (χ1) is 20.6. The normalized spacial score (nSPS) is 19.3. The summed E-state index contributed by atoms with van der Waals surface area (Å²) in [7, 11) is 0. The van der Waals surface area contributed by atoms with Gasteiger partial charge < -0.3 is 15.1 Å². The predicted molar refractivity (Wildman–Crippen MR) is 149 cm³/mol. The topological polar surface area (TPSA) is 94.6 Å². The van der Waals surface area contributed by atoms with Crippen molar-refractivity contribution in [2.45, 2.75) is 44.6 Å². The van der Waals surface area contributed by atoms with Gasteiger partial charge in [0.2, 0.25) is 11.8 Å². The van der Waals surface area contributed by atoms with Crippen LogP contribution in [0, 0.1) is 11.7 Å². The summed E-state index contributed by atoms with van der Waals surface area (Å²) in [4.78, 5) is 43.7. The molecule has 0 unspecified atom stereocenters. The fraction of sp³-hybridized carbons (Fsp3) is 0.355. The van der Waals surface area contributed by atoms with Crippen LogP contribution in [0.3, 0.4) is 0 Å². The molecular weight excluding hydrogens is 566 g/mol. The monoisotopic (exact) mass is 595 g/mol. The van der Waals surface area contributed by atoms with Crippen molar-refractivity contribution in [3.05, 3.63) is 82.8 Å². The summed E-state index contributed by atoms with van der Waals surface area (Å²) in [6, 6.07) is 11.2. The molecular formula is C31H29F4N5O3. The molecule has 0 saturated carbocycles. The largest absolute Gasteiger partial charge is 0.419 e. The van der Waals surface area contributed by atoms with E-state index < -0.39 is 29.5 Å². The number of fused-ring (bicyclic) bond motifs is 1. The Morgan fingerprint density at radius 1 is 1.00 bits per heavy atom. The van der Waals surface area contributed by atoms with E-state index in [9.17, 15) is 31.9 Å². The van der Waals surface area contributed by atoms with E-state index >= 15 is 0 Å². The molecule has 0 bridgehead atoms. The zero-order valence-corrected chi connectivity index (χ0v) is 23.1. The first kappa shape index (κ1) is 28.8. The number of anilines is 1. The summed E-state index contributed by atoms with van der Waals surface area (Å²) < 4.78 is 55.7. The number of hydrogen-bond acceptors (Lipinski definition) is 6. The Morgan fingerprint density at radius 3 is 2.49 bits per heavy atom. The van der Waals surface area contributed by atoms with Gasteiger partial charge in [0.1, 0.15) is 17.7 Å². The Labute approximate surface area is 245 Å². The minimum Gasteiger partial charge on any atom is -0.356 e. The van der Waals surface area contributed by atoms with Crippen LogP contribution in [0.25, 0.3) is 11.1 Å². The Balaban J connectivity index is 1.04. The van der Waals surface area contributed by atoms with Crippen LogP contribution in [-0.4, -0.2) is 53.3 Å². The van der Waals surface area contributed by atoms with Gasteiger partial charge in [-0.25, -0.2) is 9.37 Å². The number of rotatable bonds is 7. The van der Waals surface area contributed by atoms with Gasteiger partial charge in [-0.15, -0.1) is 0 Å². The third kappa shape index (κ3) is 5.96. The van der Waals surface area contributed by atoms with Crippen LogP contribution in [0.5, 0.6) is 0 Å². The lowest BCUT2D eigenvalue weighted by molar-refractivity contribution is -0.137. The molecule has 0 radical (unpaired) electrons. The lowest BCUT2D eigenvalue weighted by atomic mass is 9.96. The van der Waals surface area contributed by atoms with Crippen molar-refractivity contribution in [2.75, 3.05) is 24.5 Å². The van der Waals surface area contributed by atoms with Crippen LogP contribution in [0.4, 0.5) is 23.4 Å². The first-order valence-corrected chi connectivity index (χ1v) is 14.1. The highest BCUT2D eigenvalue weighted by Gasteiger charge is 2.41. The molecule has 4 heterocycles. The zero-order valence-electron chi connectivity index (χ0n) is 23.1. The van der Waals surface area contributed by atoms with Crippen molar-refractivity contribution in [1.82, 2.24) is 20.5 Å². The van der Waals surface area contributed by atoms with E-state index in [0.29, 0.717) is 50.1 Å². The Morgan fingerprint density at radius 2 is 1.79 bits per heavy atom. The van der Waals surface area contributed by atoms with Crippen molar-refractivity contribution in [3.8, 4) is 11.1 Å². The van der Waals surface area contributed by atoms with Crippen molar-refractivity contribution < 1.29 is 31.9 Å². The highest BCUT2D eigenvalue weighted by atomic mass is 19.4. The van der Waals surface area contributed by atoms with Gasteiger partial charge in [-0.1, -0.05) is 24.3 Å². The molecule has 43 heavy (non-hydrogen) atoms. The molecule has 3 amide bonds. The summed E-state index contributed by atoms with van der Waals surface area (Å²) in [5, 5.41) is 5.66. The molecule has 2 N–H and O–H groups in total. The minimum absolute atomic E-state index is 0.0282. The number of alkyl halides is 3. The number of carbonyl (C=O) groups is 3. The summed E-state index contributed by atoms with van der Waals surface area (Å²) >= 11 is 0. The molecule has 1 aromatic heterocycles. The molecule has 224 valence electrons. The number of imide groups is 1. The second kappa shape index (κ2) is 11.4. The van der Waals surface area contributed by atoms with Crippen LogP contribution in [-0.2, 0) is 28.9 Å². The third-order valence-electron chi connectivity index (χ3n) is 8.33. The number of nitrogens with zero attached hydrogens (tertiary/aromatic N) is 3. The van der Waals surface area contributed by atoms with E-state index in [1.807, 2.05) is 12.1 Å². The maximum absolute atomic E-state index is 14.0. The van der Waals surface area contributed by atoms with Gasteiger partial charge in [0.15, 0.2) is 0 Å². The molecule has 3 aliphatic heterocycles. The maximum Gasteiger partial charge on any atom is 0.419 e. The number of benzene rings is 2. The predicted octanol–water partition coefficient (Wildman–Crippen LogP) is 4.28. The average Bonchev–Trinajstić information content (AvgIpc) is 3.49. The quantitative estimate of drug-likeness (QED) is 0.313. The SMILES string of the molecule is O=C1C[C@H](N2Cc3cc(CNCC4CCN(c5ncc(-c6cccc(F)c6)cc5C(F)(F)F)CC4)ccc3C2=O)C(=O)N1. The minimum atomic E-state index is -4.61. The zero-order chi connectivity index (χ0) is 30.3. The third-order valence-corrected chi connectivity index (χ3v) is 8.33. The van der Waals surface area contributed by atoms with Gasteiger partial charge in [-0.3, -0.25) is 19.7 Å². The van der Waals surface area contributed by atoms with Crippen LogP contribution in [0.2, 0.25) is 0 Å². The molecule has 8 nitrogen and oxygen atoms in total. The van der Waals surface area contributed by atoms with Crippen molar-refractivity contribution >= 4 is 23.5 Å². The number of aromatic nitrogens is 1. The number of piperidine rings is 1. The van der Waals surface area contributed by atoms with Crippen LogP contribution < -0.4 is 15.5 Å². The Hall–Kier alpha value is -4.32. The summed E-state index contributed by atoms with van der Waals surface area (Å²) in [6.07, 6.45) is -1.90. The van der Waals surface area contributed by atoms with Gasteiger partial charge in [0.25, 0.3) is 5.91 Å². The lowest BCUT2D eigenvalue weighted by Crippen LogP contribution is -2.40. The van der Waals surface area contributed by atoms with Gasteiger partial charge >= 0.3 is 6.18 Å². The van der Waals surface area contributed by atoms with Gasteiger partial charge in [-0.05, 0) is 66.3 Å². The fourth-order valence-electron chi connectivity index (χ4n) is 6.06. The van der Waals surface area contributed by atoms with E-state index in [4.69, 9.17) is 0 Å². The molecule has 0 aliphatic carbocycles.